The molecule has 13 heavy (non-hydrogen) atoms. The van der Waals surface area contributed by atoms with Gasteiger partial charge in [0, 0.05) is 19.8 Å². The minimum atomic E-state index is -0.818. The second-order valence-electron chi connectivity index (χ2n) is 2.38. The van der Waals surface area contributed by atoms with Crippen LogP contribution in [0.3, 0.4) is 0 Å². The van der Waals surface area contributed by atoms with Gasteiger partial charge in [-0.1, -0.05) is 11.8 Å². The van der Waals surface area contributed by atoms with E-state index in [1.54, 1.807) is 0 Å². The fourth-order valence-corrected chi connectivity index (χ4v) is 0.605. The van der Waals surface area contributed by atoms with Crippen molar-refractivity contribution in [1.82, 2.24) is 0 Å². The molecule has 0 saturated heterocycles. The highest BCUT2D eigenvalue weighted by atomic mass is 16.5. The number of unbranched alkanes of at least 4 members (excludes halogenated alkanes) is 1. The largest absolute Gasteiger partial charge is 0.481 e. The average Bonchev–Trinajstić information content (AvgIpc) is 2.01. The Kier molecular flexibility index (Phi) is 6.34. The molecule has 0 fully saturated rings. The van der Waals surface area contributed by atoms with Gasteiger partial charge in [-0.3, -0.25) is 9.59 Å². The smallest absolute Gasteiger partial charge is 0.303 e. The van der Waals surface area contributed by atoms with Crippen molar-refractivity contribution in [3.63, 3.8) is 0 Å². The number of carbonyl (C=O) groups is 2. The number of hydrogen-bond donors (Lipinski definition) is 1. The summed E-state index contributed by atoms with van der Waals surface area (Å²) in [5, 5.41) is 8.27. The SMILES string of the molecule is CC(=O)OCC#CCCCC(=O)O. The molecule has 0 unspecified atom stereocenters. The zero-order valence-corrected chi connectivity index (χ0v) is 7.50. The van der Waals surface area contributed by atoms with Crippen molar-refractivity contribution in [2.24, 2.45) is 0 Å². The van der Waals surface area contributed by atoms with Gasteiger partial charge in [0.05, 0.1) is 0 Å². The molecule has 72 valence electrons. The molecule has 0 aromatic heterocycles. The van der Waals surface area contributed by atoms with E-state index in [4.69, 9.17) is 5.11 Å². The normalized spacial score (nSPS) is 8.38. The Morgan fingerprint density at radius 3 is 2.62 bits per heavy atom. The highest BCUT2D eigenvalue weighted by molar-refractivity contribution is 5.66. The summed E-state index contributed by atoms with van der Waals surface area (Å²) in [6.07, 6.45) is 1.18. The molecule has 0 aromatic rings. The van der Waals surface area contributed by atoms with Crippen molar-refractivity contribution >= 4 is 11.9 Å². The number of carboxylic acids is 1. The van der Waals surface area contributed by atoms with Crippen LogP contribution in [0.2, 0.25) is 0 Å². The maximum Gasteiger partial charge on any atom is 0.303 e. The molecule has 1 N–H and O–H groups in total. The number of hydrogen-bond acceptors (Lipinski definition) is 3. The summed E-state index contributed by atoms with van der Waals surface area (Å²) in [5.41, 5.74) is 0. The van der Waals surface area contributed by atoms with Gasteiger partial charge in [0.2, 0.25) is 0 Å². The Labute approximate surface area is 76.9 Å². The third-order valence-corrected chi connectivity index (χ3v) is 1.17. The molecule has 4 heteroatoms. The van der Waals surface area contributed by atoms with Crippen LogP contribution in [0.25, 0.3) is 0 Å². The first-order valence-corrected chi connectivity index (χ1v) is 3.94. The maximum absolute atomic E-state index is 10.3. The zero-order chi connectivity index (χ0) is 10.1. The van der Waals surface area contributed by atoms with Gasteiger partial charge in [-0.05, 0) is 6.42 Å². The second-order valence-corrected chi connectivity index (χ2v) is 2.38. The lowest BCUT2D eigenvalue weighted by atomic mass is 10.2. The number of carboxylic acid groups (broad SMARTS) is 1. The molecular formula is C9H12O4. The third kappa shape index (κ3) is 10.5. The van der Waals surface area contributed by atoms with Crippen molar-refractivity contribution < 1.29 is 19.4 Å². The first-order valence-electron chi connectivity index (χ1n) is 3.94. The van der Waals surface area contributed by atoms with E-state index < -0.39 is 5.97 Å². The van der Waals surface area contributed by atoms with Crippen LogP contribution in [0.1, 0.15) is 26.2 Å². The number of esters is 1. The number of rotatable bonds is 4. The van der Waals surface area contributed by atoms with Crippen LogP contribution in [0, 0.1) is 11.8 Å². The van der Waals surface area contributed by atoms with Crippen LogP contribution >= 0.6 is 0 Å². The summed E-state index contributed by atoms with van der Waals surface area (Å²) in [6, 6.07) is 0. The van der Waals surface area contributed by atoms with Crippen LogP contribution in [0.5, 0.6) is 0 Å². The van der Waals surface area contributed by atoms with E-state index in [0.717, 1.165) is 0 Å². The van der Waals surface area contributed by atoms with Gasteiger partial charge in [0.15, 0.2) is 6.61 Å². The van der Waals surface area contributed by atoms with Crippen molar-refractivity contribution in [3.8, 4) is 11.8 Å². The molecule has 0 aromatic carbocycles. The van der Waals surface area contributed by atoms with Crippen molar-refractivity contribution in [2.75, 3.05) is 6.61 Å². The maximum atomic E-state index is 10.3. The summed E-state index contributed by atoms with van der Waals surface area (Å²) in [7, 11) is 0. The van der Waals surface area contributed by atoms with Crippen molar-refractivity contribution in [2.45, 2.75) is 26.2 Å². The minimum absolute atomic E-state index is 0.0857. The van der Waals surface area contributed by atoms with Crippen LogP contribution < -0.4 is 0 Å². The van der Waals surface area contributed by atoms with Gasteiger partial charge in [-0.25, -0.2) is 0 Å². The zero-order valence-electron chi connectivity index (χ0n) is 7.50. The van der Waals surface area contributed by atoms with E-state index in [1.807, 2.05) is 0 Å². The molecule has 0 aliphatic rings. The van der Waals surface area contributed by atoms with Crippen LogP contribution in [-0.2, 0) is 14.3 Å². The molecule has 0 heterocycles. The lowest BCUT2D eigenvalue weighted by molar-refractivity contribution is -0.139. The van der Waals surface area contributed by atoms with Gasteiger partial charge in [0.25, 0.3) is 0 Å². The molecule has 0 amide bonds. The highest BCUT2D eigenvalue weighted by Gasteiger charge is 1.93. The first kappa shape index (κ1) is 11.5. The van der Waals surface area contributed by atoms with Gasteiger partial charge < -0.3 is 9.84 Å². The molecular weight excluding hydrogens is 172 g/mol. The Hall–Kier alpha value is -1.50. The minimum Gasteiger partial charge on any atom is -0.481 e. The molecule has 0 radical (unpaired) electrons. The molecule has 4 nitrogen and oxygen atoms in total. The Morgan fingerprint density at radius 2 is 2.08 bits per heavy atom. The van der Waals surface area contributed by atoms with Crippen LogP contribution in [0.4, 0.5) is 0 Å². The molecule has 0 aliphatic heterocycles. The van der Waals surface area contributed by atoms with Crippen LogP contribution in [0.15, 0.2) is 0 Å². The summed E-state index contributed by atoms with van der Waals surface area (Å²) in [4.78, 5) is 20.3. The number of carbonyl (C=O) groups excluding carboxylic acids is 1. The molecule has 0 aliphatic carbocycles. The Morgan fingerprint density at radius 1 is 1.38 bits per heavy atom. The Balaban J connectivity index is 3.30. The van der Waals surface area contributed by atoms with E-state index in [1.165, 1.54) is 6.92 Å². The van der Waals surface area contributed by atoms with E-state index >= 15 is 0 Å². The van der Waals surface area contributed by atoms with E-state index in [9.17, 15) is 9.59 Å². The predicted octanol–water partition coefficient (Wildman–Crippen LogP) is 0.808. The number of aliphatic carboxylic acids is 1. The highest BCUT2D eigenvalue weighted by Crippen LogP contribution is 1.92. The third-order valence-electron chi connectivity index (χ3n) is 1.17. The summed E-state index contributed by atoms with van der Waals surface area (Å²) >= 11 is 0. The fraction of sp³-hybridized carbons (Fsp3) is 0.556. The quantitative estimate of drug-likeness (QED) is 0.399. The predicted molar refractivity (Wildman–Crippen MR) is 45.9 cm³/mol. The van der Waals surface area contributed by atoms with E-state index in [0.29, 0.717) is 12.8 Å². The van der Waals surface area contributed by atoms with Crippen LogP contribution in [-0.4, -0.2) is 23.7 Å². The molecule has 0 rings (SSSR count). The van der Waals surface area contributed by atoms with E-state index in [-0.39, 0.29) is 19.0 Å². The lowest BCUT2D eigenvalue weighted by Crippen LogP contribution is -1.97. The van der Waals surface area contributed by atoms with Crippen molar-refractivity contribution in [3.05, 3.63) is 0 Å². The van der Waals surface area contributed by atoms with Crippen molar-refractivity contribution in [1.29, 1.82) is 0 Å². The molecule has 0 saturated carbocycles. The first-order chi connectivity index (χ1) is 6.13. The standard InChI is InChI=1S/C9H12O4/c1-8(10)13-7-5-3-2-4-6-9(11)12/h2,4,6-7H2,1H3,(H,11,12). The number of ether oxygens (including phenoxy) is 1. The molecule has 0 spiro atoms. The van der Waals surface area contributed by atoms with Gasteiger partial charge in [0.1, 0.15) is 0 Å². The average molecular weight is 184 g/mol. The van der Waals surface area contributed by atoms with Gasteiger partial charge in [-0.2, -0.15) is 0 Å². The summed E-state index contributed by atoms with van der Waals surface area (Å²) in [6.45, 7) is 1.40. The lowest BCUT2D eigenvalue weighted by Gasteiger charge is -1.91. The molecule has 0 bridgehead atoms. The summed E-state index contributed by atoms with van der Waals surface area (Å²) in [5.74, 6) is 4.13. The fourth-order valence-electron chi connectivity index (χ4n) is 0.605. The van der Waals surface area contributed by atoms with E-state index in [2.05, 4.69) is 16.6 Å². The van der Waals surface area contributed by atoms with Gasteiger partial charge >= 0.3 is 11.9 Å². The second kappa shape index (κ2) is 7.17. The van der Waals surface area contributed by atoms with Gasteiger partial charge in [-0.15, -0.1) is 0 Å². The monoisotopic (exact) mass is 184 g/mol. The molecule has 0 atom stereocenters. The summed E-state index contributed by atoms with van der Waals surface area (Å²) < 4.78 is 4.54. The Bertz CT molecular complexity index is 234. The topological polar surface area (TPSA) is 63.6 Å².